The van der Waals surface area contributed by atoms with Gasteiger partial charge in [-0.2, -0.15) is 5.10 Å². The molecule has 0 saturated carbocycles. The number of hydrogen-bond donors (Lipinski definition) is 1. The minimum Gasteiger partial charge on any atom is -0.469 e. The van der Waals surface area contributed by atoms with E-state index < -0.39 is 0 Å². The van der Waals surface area contributed by atoms with Gasteiger partial charge in [0.2, 0.25) is 0 Å². The van der Waals surface area contributed by atoms with Gasteiger partial charge in [0.15, 0.2) is 5.65 Å². The number of hydrogen-bond acceptors (Lipinski definition) is 7. The summed E-state index contributed by atoms with van der Waals surface area (Å²) >= 11 is 0. The van der Waals surface area contributed by atoms with Crippen LogP contribution >= 0.6 is 0 Å². The van der Waals surface area contributed by atoms with Crippen LogP contribution in [0.2, 0.25) is 0 Å². The normalized spacial score (nSPS) is 18.3. The number of aryl methyl sites for hydroxylation is 2. The number of aromatic nitrogens is 5. The summed E-state index contributed by atoms with van der Waals surface area (Å²) in [6.45, 7) is 10.2. The monoisotopic (exact) mass is 527 g/mol. The first-order valence-electron chi connectivity index (χ1n) is 13.8. The molecule has 6 rings (SSSR count). The molecule has 2 saturated heterocycles. The van der Waals surface area contributed by atoms with Gasteiger partial charge in [-0.15, -0.1) is 0 Å². The zero-order valence-corrected chi connectivity index (χ0v) is 23.1. The third-order valence-corrected chi connectivity index (χ3v) is 8.48. The number of benzene rings is 1. The Labute approximate surface area is 229 Å². The molecule has 1 spiro atoms. The summed E-state index contributed by atoms with van der Waals surface area (Å²) in [5.74, 6) is -0.0865. The number of ether oxygens (including phenoxy) is 1. The quantitative estimate of drug-likeness (QED) is 0.346. The molecule has 1 N–H and O–H groups in total. The Bertz CT molecular complexity index is 1460. The fourth-order valence-corrected chi connectivity index (χ4v) is 6.40. The molecule has 2 aliphatic heterocycles. The number of rotatable bonds is 8. The largest absolute Gasteiger partial charge is 0.469 e. The lowest BCUT2D eigenvalue weighted by atomic mass is 9.71. The highest BCUT2D eigenvalue weighted by atomic mass is 16.5. The predicted molar refractivity (Wildman–Crippen MR) is 150 cm³/mol. The average molecular weight is 528 g/mol. The highest BCUT2D eigenvalue weighted by Crippen LogP contribution is 2.42. The average Bonchev–Trinajstić information content (AvgIpc) is 3.53. The van der Waals surface area contributed by atoms with E-state index in [0.29, 0.717) is 11.8 Å². The number of methoxy groups -OCH3 is 1. The van der Waals surface area contributed by atoms with Crippen molar-refractivity contribution in [3.63, 3.8) is 0 Å². The van der Waals surface area contributed by atoms with Gasteiger partial charge < -0.3 is 14.6 Å². The van der Waals surface area contributed by atoms with E-state index in [2.05, 4.69) is 74.3 Å². The summed E-state index contributed by atoms with van der Waals surface area (Å²) < 4.78 is 7.05. The highest BCUT2D eigenvalue weighted by molar-refractivity contribution is 5.70. The molecule has 0 radical (unpaired) electrons. The van der Waals surface area contributed by atoms with Crippen LogP contribution in [0.1, 0.15) is 47.8 Å². The molecule has 2 fully saturated rings. The zero-order valence-electron chi connectivity index (χ0n) is 23.1. The van der Waals surface area contributed by atoms with Crippen molar-refractivity contribution in [3.05, 3.63) is 71.4 Å². The van der Waals surface area contributed by atoms with Crippen molar-refractivity contribution in [1.82, 2.24) is 34.5 Å². The topological polar surface area (TPSA) is 92.2 Å². The fourth-order valence-electron chi connectivity index (χ4n) is 6.40. The van der Waals surface area contributed by atoms with Crippen LogP contribution in [-0.4, -0.2) is 80.3 Å². The molecule has 2 aliphatic rings. The number of esters is 1. The lowest BCUT2D eigenvalue weighted by Gasteiger charge is -2.55. The minimum atomic E-state index is -0.165. The maximum absolute atomic E-state index is 12.4. The summed E-state index contributed by atoms with van der Waals surface area (Å²) in [5.41, 5.74) is 7.52. The van der Waals surface area contributed by atoms with E-state index in [0.717, 1.165) is 78.8 Å². The molecule has 9 heteroatoms. The lowest BCUT2D eigenvalue weighted by molar-refractivity contribution is -0.141. The van der Waals surface area contributed by atoms with Crippen molar-refractivity contribution in [3.8, 4) is 5.69 Å². The predicted octanol–water partition coefficient (Wildman–Crippen LogP) is 4.01. The van der Waals surface area contributed by atoms with Crippen molar-refractivity contribution < 1.29 is 9.53 Å². The lowest BCUT2D eigenvalue weighted by Crippen LogP contribution is -2.60. The Morgan fingerprint density at radius 3 is 2.67 bits per heavy atom. The molecular formula is C30H37N7O2. The summed E-state index contributed by atoms with van der Waals surface area (Å²) in [6, 6.07) is 14.7. The highest BCUT2D eigenvalue weighted by Gasteiger charge is 2.45. The van der Waals surface area contributed by atoms with E-state index in [4.69, 9.17) is 9.72 Å². The second kappa shape index (κ2) is 10.5. The number of likely N-dealkylation sites (tertiary alicyclic amines) is 2. The first-order chi connectivity index (χ1) is 18.9. The van der Waals surface area contributed by atoms with Crippen molar-refractivity contribution in [2.24, 2.45) is 5.41 Å². The molecule has 9 nitrogen and oxygen atoms in total. The number of pyridine rings is 1. The maximum atomic E-state index is 12.4. The van der Waals surface area contributed by atoms with Gasteiger partial charge in [0.1, 0.15) is 0 Å². The van der Waals surface area contributed by atoms with Crippen molar-refractivity contribution in [2.45, 2.75) is 45.6 Å². The second-order valence-corrected chi connectivity index (χ2v) is 11.4. The number of piperidine rings is 1. The van der Waals surface area contributed by atoms with Crippen LogP contribution in [0.4, 0.5) is 0 Å². The van der Waals surface area contributed by atoms with Gasteiger partial charge >= 0.3 is 5.97 Å². The Morgan fingerprint density at radius 2 is 1.92 bits per heavy atom. The Hall–Kier alpha value is -3.56. The Balaban J connectivity index is 1.07. The summed E-state index contributed by atoms with van der Waals surface area (Å²) in [7, 11) is 1.47. The summed E-state index contributed by atoms with van der Waals surface area (Å²) in [5, 5.41) is 4.65. The first kappa shape index (κ1) is 25.7. The number of H-pyrrole nitrogens is 1. The van der Waals surface area contributed by atoms with Crippen LogP contribution in [-0.2, 0) is 16.1 Å². The van der Waals surface area contributed by atoms with E-state index in [1.54, 1.807) is 6.33 Å². The van der Waals surface area contributed by atoms with Gasteiger partial charge in [-0.1, -0.05) is 12.1 Å². The Kier molecular flexibility index (Phi) is 6.95. The van der Waals surface area contributed by atoms with Gasteiger partial charge in [0.25, 0.3) is 0 Å². The van der Waals surface area contributed by atoms with Gasteiger partial charge in [0.05, 0.1) is 42.4 Å². The number of nitrogens with one attached hydrogen (secondary N) is 1. The molecule has 0 bridgehead atoms. The van der Waals surface area contributed by atoms with Crippen molar-refractivity contribution in [1.29, 1.82) is 0 Å². The number of carbonyl (C=O) groups excluding carboxylic acids is 1. The molecular weight excluding hydrogens is 490 g/mol. The number of fused-ring (bicyclic) bond motifs is 1. The van der Waals surface area contributed by atoms with Crippen LogP contribution in [0.5, 0.6) is 0 Å². The van der Waals surface area contributed by atoms with E-state index in [-0.39, 0.29) is 11.9 Å². The van der Waals surface area contributed by atoms with Crippen LogP contribution < -0.4 is 0 Å². The van der Waals surface area contributed by atoms with E-state index in [1.807, 2.05) is 11.6 Å². The zero-order chi connectivity index (χ0) is 27.0. The smallest absolute Gasteiger partial charge is 0.306 e. The molecule has 1 atom stereocenters. The molecule has 0 aliphatic carbocycles. The van der Waals surface area contributed by atoms with Gasteiger partial charge in [-0.3, -0.25) is 9.69 Å². The standard InChI is InChI=1S/C30H37N7O2/c1-21-13-22(2)37(34-21)26-6-4-5-23(14-26)24(15-28(38)39-3)16-36-18-30(19-36)9-11-35(12-10-30)17-25-7-8-27-29(33-25)32-20-31-27/h4-8,13-14,20,24H,9-12,15-19H2,1-3H3,(H,31,32,33)/t24-/m1/s1. The van der Waals surface area contributed by atoms with Gasteiger partial charge in [0, 0.05) is 37.8 Å². The number of imidazole rings is 1. The van der Waals surface area contributed by atoms with Crippen molar-refractivity contribution >= 4 is 17.1 Å². The van der Waals surface area contributed by atoms with E-state index in [1.165, 1.54) is 20.0 Å². The van der Waals surface area contributed by atoms with Crippen LogP contribution in [0.15, 0.2) is 48.8 Å². The number of aromatic amines is 1. The Morgan fingerprint density at radius 1 is 1.10 bits per heavy atom. The van der Waals surface area contributed by atoms with Gasteiger partial charge in [-0.05, 0) is 81.1 Å². The number of nitrogens with zero attached hydrogens (tertiary/aromatic N) is 6. The third kappa shape index (κ3) is 5.46. The molecule has 0 unspecified atom stereocenters. The molecule has 3 aromatic heterocycles. The summed E-state index contributed by atoms with van der Waals surface area (Å²) in [6.07, 6.45) is 4.47. The molecule has 1 aromatic carbocycles. The third-order valence-electron chi connectivity index (χ3n) is 8.48. The molecule has 4 aromatic rings. The van der Waals surface area contributed by atoms with Crippen molar-refractivity contribution in [2.75, 3.05) is 39.8 Å². The first-order valence-corrected chi connectivity index (χ1v) is 13.8. The number of carbonyl (C=O) groups is 1. The molecule has 39 heavy (non-hydrogen) atoms. The fraction of sp³-hybridized carbons (Fsp3) is 0.467. The SMILES string of the molecule is COC(=O)C[C@H](CN1CC2(CCN(Cc3ccc4[nH]cnc4n3)CC2)C1)c1cccc(-n2nc(C)cc2C)c1. The molecule has 204 valence electrons. The molecule has 5 heterocycles. The molecule has 0 amide bonds. The maximum Gasteiger partial charge on any atom is 0.306 e. The van der Waals surface area contributed by atoms with Gasteiger partial charge in [-0.25, -0.2) is 14.6 Å². The second-order valence-electron chi connectivity index (χ2n) is 11.4. The van der Waals surface area contributed by atoms with Crippen LogP contribution in [0.3, 0.4) is 0 Å². The van der Waals surface area contributed by atoms with Crippen LogP contribution in [0, 0.1) is 19.3 Å². The minimum absolute atomic E-state index is 0.0786. The van der Waals surface area contributed by atoms with E-state index >= 15 is 0 Å². The summed E-state index contributed by atoms with van der Waals surface area (Å²) in [4.78, 5) is 29.5. The van der Waals surface area contributed by atoms with Crippen LogP contribution in [0.25, 0.3) is 16.9 Å². The van der Waals surface area contributed by atoms with E-state index in [9.17, 15) is 4.79 Å².